The lowest BCUT2D eigenvalue weighted by molar-refractivity contribution is 0.236. The first-order chi connectivity index (χ1) is 9.90. The minimum atomic E-state index is 0.914. The summed E-state index contributed by atoms with van der Waals surface area (Å²) in [6, 6.07) is 7.70. The zero-order chi connectivity index (χ0) is 14.0. The number of para-hydroxylation sites is 2. The highest BCUT2D eigenvalue weighted by molar-refractivity contribution is 5.72. The van der Waals surface area contributed by atoms with Crippen LogP contribution in [0.5, 0.6) is 0 Å². The highest BCUT2D eigenvalue weighted by Gasteiger charge is 2.07. The van der Waals surface area contributed by atoms with E-state index >= 15 is 0 Å². The third-order valence-electron chi connectivity index (χ3n) is 3.51. The molecule has 0 radical (unpaired) electrons. The van der Waals surface area contributed by atoms with Crippen LogP contribution in [0.25, 0.3) is 11.0 Å². The first-order valence-electron chi connectivity index (χ1n) is 7.58. The summed E-state index contributed by atoms with van der Waals surface area (Å²) >= 11 is 0. The molecule has 0 aliphatic carbocycles. The molecule has 0 spiro atoms. The summed E-state index contributed by atoms with van der Waals surface area (Å²) in [6.45, 7) is 8.46. The topological polar surface area (TPSA) is 56.8 Å². The van der Waals surface area contributed by atoms with Crippen molar-refractivity contribution in [3.63, 3.8) is 0 Å². The molecular weight excluding hydrogens is 250 g/mol. The van der Waals surface area contributed by atoms with Crippen LogP contribution in [-0.4, -0.2) is 53.0 Å². The van der Waals surface area contributed by atoms with Crippen molar-refractivity contribution >= 4 is 11.0 Å². The van der Waals surface area contributed by atoms with E-state index in [1.807, 2.05) is 24.3 Å². The summed E-state index contributed by atoms with van der Waals surface area (Å²) in [6.07, 6.45) is 4.12. The summed E-state index contributed by atoms with van der Waals surface area (Å²) in [4.78, 5) is 2.56. The van der Waals surface area contributed by atoms with Crippen LogP contribution >= 0.6 is 0 Å². The molecule has 0 unspecified atom stereocenters. The SMILES string of the molecule is CCCCCN1CCNCC1.c1ccc2n[nH]nc2c1. The van der Waals surface area contributed by atoms with Crippen LogP contribution in [0.3, 0.4) is 0 Å². The van der Waals surface area contributed by atoms with Crippen LogP contribution in [0.1, 0.15) is 26.2 Å². The number of hydrogen-bond acceptors (Lipinski definition) is 4. The summed E-state index contributed by atoms with van der Waals surface area (Å²) < 4.78 is 0. The number of H-pyrrole nitrogens is 1. The number of rotatable bonds is 4. The molecule has 1 aromatic heterocycles. The highest BCUT2D eigenvalue weighted by atomic mass is 15.3. The van der Waals surface area contributed by atoms with Crippen molar-refractivity contribution < 1.29 is 0 Å². The number of benzene rings is 1. The fourth-order valence-corrected chi connectivity index (χ4v) is 2.31. The normalized spacial score (nSPS) is 15.8. The van der Waals surface area contributed by atoms with E-state index in [-0.39, 0.29) is 0 Å². The van der Waals surface area contributed by atoms with Crippen molar-refractivity contribution in [1.82, 2.24) is 25.6 Å². The van der Waals surface area contributed by atoms with Gasteiger partial charge in [-0.2, -0.15) is 15.4 Å². The van der Waals surface area contributed by atoms with Gasteiger partial charge in [-0.05, 0) is 25.1 Å². The second kappa shape index (κ2) is 8.66. The Labute approximate surface area is 120 Å². The summed E-state index contributed by atoms with van der Waals surface area (Å²) in [5.74, 6) is 0. The van der Waals surface area contributed by atoms with Gasteiger partial charge in [0.2, 0.25) is 0 Å². The van der Waals surface area contributed by atoms with Crippen LogP contribution in [0.2, 0.25) is 0 Å². The first kappa shape index (κ1) is 14.9. The predicted octanol–water partition coefficient (Wildman–Crippen LogP) is 2.04. The lowest BCUT2D eigenvalue weighted by atomic mass is 10.2. The molecule has 1 saturated heterocycles. The van der Waals surface area contributed by atoms with Crippen molar-refractivity contribution in [2.75, 3.05) is 32.7 Å². The number of fused-ring (bicyclic) bond motifs is 1. The lowest BCUT2D eigenvalue weighted by Gasteiger charge is -2.26. The van der Waals surface area contributed by atoms with E-state index < -0.39 is 0 Å². The molecule has 20 heavy (non-hydrogen) atoms. The largest absolute Gasteiger partial charge is 0.314 e. The smallest absolute Gasteiger partial charge is 0.112 e. The van der Waals surface area contributed by atoms with Crippen molar-refractivity contribution in [3.05, 3.63) is 24.3 Å². The first-order valence-corrected chi connectivity index (χ1v) is 7.58. The summed E-state index contributed by atoms with van der Waals surface area (Å²) in [5.41, 5.74) is 1.83. The molecule has 1 aliphatic heterocycles. The van der Waals surface area contributed by atoms with Gasteiger partial charge in [-0.15, -0.1) is 0 Å². The average Bonchev–Trinajstić information content (AvgIpc) is 2.98. The molecule has 3 rings (SSSR count). The third-order valence-corrected chi connectivity index (χ3v) is 3.51. The zero-order valence-electron chi connectivity index (χ0n) is 12.3. The van der Waals surface area contributed by atoms with Crippen molar-refractivity contribution in [3.8, 4) is 0 Å². The molecule has 1 aromatic carbocycles. The minimum Gasteiger partial charge on any atom is -0.314 e. The number of aromatic amines is 1. The third kappa shape index (κ3) is 4.90. The molecule has 1 aliphatic rings. The Hall–Kier alpha value is -1.46. The fourth-order valence-electron chi connectivity index (χ4n) is 2.31. The van der Waals surface area contributed by atoms with E-state index in [0.29, 0.717) is 0 Å². The van der Waals surface area contributed by atoms with Crippen molar-refractivity contribution in [2.45, 2.75) is 26.2 Å². The van der Waals surface area contributed by atoms with Gasteiger partial charge in [-0.1, -0.05) is 31.9 Å². The molecule has 0 atom stereocenters. The van der Waals surface area contributed by atoms with Crippen LogP contribution in [0, 0.1) is 0 Å². The lowest BCUT2D eigenvalue weighted by Crippen LogP contribution is -2.43. The molecule has 2 N–H and O–H groups in total. The maximum Gasteiger partial charge on any atom is 0.112 e. The predicted molar refractivity (Wildman–Crippen MR) is 82.7 cm³/mol. The second-order valence-electron chi connectivity index (χ2n) is 5.11. The number of unbranched alkanes of at least 4 members (excludes halogenated alkanes) is 2. The number of nitrogens with one attached hydrogen (secondary N) is 2. The van der Waals surface area contributed by atoms with E-state index in [9.17, 15) is 0 Å². The van der Waals surface area contributed by atoms with Crippen LogP contribution in [0.15, 0.2) is 24.3 Å². The molecule has 0 saturated carbocycles. The van der Waals surface area contributed by atoms with Gasteiger partial charge in [0.15, 0.2) is 0 Å². The number of nitrogens with zero attached hydrogens (tertiary/aromatic N) is 3. The molecule has 1 fully saturated rings. The average molecular weight is 275 g/mol. The van der Waals surface area contributed by atoms with E-state index in [2.05, 4.69) is 32.6 Å². The minimum absolute atomic E-state index is 0.914. The molecular formula is C15H25N5. The van der Waals surface area contributed by atoms with Crippen LogP contribution in [0.4, 0.5) is 0 Å². The maximum atomic E-state index is 3.88. The number of aromatic nitrogens is 3. The van der Waals surface area contributed by atoms with Gasteiger partial charge in [0, 0.05) is 26.2 Å². The van der Waals surface area contributed by atoms with Crippen molar-refractivity contribution in [1.29, 1.82) is 0 Å². The second-order valence-corrected chi connectivity index (χ2v) is 5.11. The Bertz CT molecular complexity index is 446. The van der Waals surface area contributed by atoms with Gasteiger partial charge < -0.3 is 10.2 Å². The highest BCUT2D eigenvalue weighted by Crippen LogP contribution is 2.03. The summed E-state index contributed by atoms with van der Waals surface area (Å²) in [5, 5.41) is 13.7. The molecule has 5 nitrogen and oxygen atoms in total. The Kier molecular flexibility index (Phi) is 6.47. The van der Waals surface area contributed by atoms with Gasteiger partial charge in [-0.3, -0.25) is 0 Å². The van der Waals surface area contributed by atoms with E-state index in [0.717, 1.165) is 11.0 Å². The van der Waals surface area contributed by atoms with Crippen LogP contribution < -0.4 is 5.32 Å². The van der Waals surface area contributed by atoms with Gasteiger partial charge in [-0.25, -0.2) is 0 Å². The standard InChI is InChI=1S/C9H20N2.C6H5N3/c1-2-3-4-7-11-8-5-10-6-9-11;1-2-4-6-5(3-1)7-9-8-6/h10H,2-9H2,1H3;1-4H,(H,7,8,9). The molecule has 2 aromatic rings. The Morgan fingerprint density at radius 1 is 1.05 bits per heavy atom. The van der Waals surface area contributed by atoms with Gasteiger partial charge in [0.1, 0.15) is 11.0 Å². The Balaban J connectivity index is 0.000000149. The molecule has 0 bridgehead atoms. The fraction of sp³-hybridized carbons (Fsp3) is 0.600. The monoisotopic (exact) mass is 275 g/mol. The molecule has 5 heteroatoms. The molecule has 0 amide bonds. The number of piperazine rings is 1. The Morgan fingerprint density at radius 2 is 1.70 bits per heavy atom. The summed E-state index contributed by atoms with van der Waals surface area (Å²) in [7, 11) is 0. The van der Waals surface area contributed by atoms with Crippen molar-refractivity contribution in [2.24, 2.45) is 0 Å². The molecule has 2 heterocycles. The van der Waals surface area contributed by atoms with Gasteiger partial charge in [0.05, 0.1) is 0 Å². The molecule has 110 valence electrons. The van der Waals surface area contributed by atoms with Gasteiger partial charge >= 0.3 is 0 Å². The maximum absolute atomic E-state index is 3.88. The van der Waals surface area contributed by atoms with Gasteiger partial charge in [0.25, 0.3) is 0 Å². The quantitative estimate of drug-likeness (QED) is 0.838. The zero-order valence-corrected chi connectivity index (χ0v) is 12.3. The Morgan fingerprint density at radius 3 is 2.30 bits per heavy atom. The van der Waals surface area contributed by atoms with E-state index in [1.54, 1.807) is 0 Å². The van der Waals surface area contributed by atoms with E-state index in [1.165, 1.54) is 52.0 Å². The van der Waals surface area contributed by atoms with E-state index in [4.69, 9.17) is 0 Å². The number of hydrogen-bond donors (Lipinski definition) is 2. The van der Waals surface area contributed by atoms with Crippen LogP contribution in [-0.2, 0) is 0 Å².